The van der Waals surface area contributed by atoms with Crippen LogP contribution < -0.4 is 33.2 Å². The van der Waals surface area contributed by atoms with Crippen LogP contribution in [0.2, 0.25) is 0 Å². The second-order valence-electron chi connectivity index (χ2n) is 13.6. The lowest BCUT2D eigenvalue weighted by molar-refractivity contribution is -0.137. The Morgan fingerprint density at radius 2 is 0.776 bits per heavy atom. The molecule has 0 unspecified atom stereocenters. The topological polar surface area (TPSA) is 254 Å². The highest BCUT2D eigenvalue weighted by molar-refractivity contribution is 5.89. The summed E-state index contributed by atoms with van der Waals surface area (Å²) in [6.07, 6.45) is 1.70. The van der Waals surface area contributed by atoms with Gasteiger partial charge in [-0.3, -0.25) is 0 Å². The maximum absolute atomic E-state index is 11.7. The third-order valence-corrected chi connectivity index (χ3v) is 8.20. The lowest BCUT2D eigenvalue weighted by Crippen LogP contribution is -2.17. The van der Waals surface area contributed by atoms with Crippen molar-refractivity contribution in [1.29, 1.82) is 0 Å². The van der Waals surface area contributed by atoms with Crippen molar-refractivity contribution < 1.29 is 83.0 Å². The number of hydrogen-bond donors (Lipinski definition) is 6. The fourth-order valence-electron chi connectivity index (χ4n) is 4.76. The molecular formula is C50H44O17. The molecule has 346 valence electrons. The molecule has 0 amide bonds. The van der Waals surface area contributed by atoms with E-state index in [9.17, 15) is 49.8 Å². The van der Waals surface area contributed by atoms with E-state index in [2.05, 4.69) is 19.7 Å². The standard InChI is InChI=1S/C18H16O7.2C16H14O5/c1-11(2)18(22)24-13-8-6-12(7-9-13)23-10-16(20)25-15-5-3-4-14(19)17(15)21;1-10(2)16(19)21-12-8-6-11(7-9-12)20-14-5-3-4-13(17)15(14)18;1-2-11-6-8-12(9-7-11)20-10-15(18)21-14-5-3-4-13(17)16(14)19/h3-9,19,21H,1,10H2,2H3;3-9,17-18H,1H2,2H3;2-9,17,19H,1,10H2. The molecule has 6 N–H and O–H groups in total. The van der Waals surface area contributed by atoms with Gasteiger partial charge in [0, 0.05) is 11.1 Å². The first-order valence-electron chi connectivity index (χ1n) is 19.5. The molecule has 0 saturated carbocycles. The fourth-order valence-corrected chi connectivity index (χ4v) is 4.76. The van der Waals surface area contributed by atoms with E-state index < -0.39 is 47.7 Å². The minimum absolute atomic E-state index is 0.120. The predicted octanol–water partition coefficient (Wildman–Crippen LogP) is 8.66. The number of benzene rings is 6. The summed E-state index contributed by atoms with van der Waals surface area (Å²) < 4.78 is 35.8. The number of carbonyl (C=O) groups excluding carboxylic acids is 4. The molecule has 0 bridgehead atoms. The molecule has 0 spiro atoms. The van der Waals surface area contributed by atoms with Crippen molar-refractivity contribution in [1.82, 2.24) is 0 Å². The van der Waals surface area contributed by atoms with Crippen LogP contribution in [0, 0.1) is 0 Å². The smallest absolute Gasteiger partial charge is 0.349 e. The summed E-state index contributed by atoms with van der Waals surface area (Å²) in [6.45, 7) is 13.0. The number of aromatic hydroxyl groups is 6. The first-order chi connectivity index (χ1) is 31.9. The first-order valence-corrected chi connectivity index (χ1v) is 19.5. The second-order valence-corrected chi connectivity index (χ2v) is 13.6. The quantitative estimate of drug-likeness (QED) is 0.0244. The highest BCUT2D eigenvalue weighted by atomic mass is 16.6. The van der Waals surface area contributed by atoms with Gasteiger partial charge in [-0.15, -0.1) is 0 Å². The molecule has 6 aromatic rings. The van der Waals surface area contributed by atoms with Gasteiger partial charge in [0.1, 0.15) is 28.7 Å². The van der Waals surface area contributed by atoms with Gasteiger partial charge in [0.05, 0.1) is 0 Å². The third kappa shape index (κ3) is 16.0. The van der Waals surface area contributed by atoms with Gasteiger partial charge in [-0.1, -0.05) is 56.1 Å². The Morgan fingerprint density at radius 3 is 1.15 bits per heavy atom. The van der Waals surface area contributed by atoms with Crippen molar-refractivity contribution in [3.8, 4) is 80.5 Å². The molecule has 0 aliphatic heterocycles. The molecule has 6 rings (SSSR count). The van der Waals surface area contributed by atoms with E-state index in [1.54, 1.807) is 67.6 Å². The number of rotatable bonds is 15. The normalized spacial score (nSPS) is 9.94. The Labute approximate surface area is 383 Å². The average molecular weight is 917 g/mol. The summed E-state index contributed by atoms with van der Waals surface area (Å²) in [7, 11) is 0. The average Bonchev–Trinajstić information content (AvgIpc) is 3.31. The molecule has 17 nitrogen and oxygen atoms in total. The van der Waals surface area contributed by atoms with E-state index in [1.165, 1.54) is 79.7 Å². The lowest BCUT2D eigenvalue weighted by atomic mass is 10.2. The van der Waals surface area contributed by atoms with E-state index in [0.717, 1.165) is 5.56 Å². The van der Waals surface area contributed by atoms with Crippen molar-refractivity contribution >= 4 is 30.0 Å². The van der Waals surface area contributed by atoms with Crippen LogP contribution in [0.4, 0.5) is 0 Å². The van der Waals surface area contributed by atoms with Crippen LogP contribution in [0.1, 0.15) is 19.4 Å². The van der Waals surface area contributed by atoms with E-state index in [0.29, 0.717) is 34.3 Å². The maximum atomic E-state index is 11.7. The highest BCUT2D eigenvalue weighted by Gasteiger charge is 2.15. The highest BCUT2D eigenvalue weighted by Crippen LogP contribution is 2.38. The molecular weight excluding hydrogens is 873 g/mol. The van der Waals surface area contributed by atoms with E-state index in [4.69, 9.17) is 33.2 Å². The molecule has 0 aromatic heterocycles. The van der Waals surface area contributed by atoms with Crippen LogP contribution in [0.3, 0.4) is 0 Å². The fraction of sp³-hybridized carbons (Fsp3) is 0.0800. The zero-order valence-electron chi connectivity index (χ0n) is 35.9. The Kier molecular flexibility index (Phi) is 18.4. The molecule has 0 aliphatic carbocycles. The van der Waals surface area contributed by atoms with Crippen LogP contribution in [0.5, 0.6) is 80.5 Å². The van der Waals surface area contributed by atoms with Crippen LogP contribution in [-0.2, 0) is 19.2 Å². The van der Waals surface area contributed by atoms with Gasteiger partial charge in [0.15, 0.2) is 47.7 Å². The SMILES string of the molecule is C=C(C)C(=O)Oc1ccc(OCC(=O)Oc2cccc(O)c2O)cc1.C=C(C)C(=O)Oc1ccc(Oc2cccc(O)c2O)cc1.C=Cc1ccc(OCC(=O)Oc2cccc(O)c2O)cc1. The predicted molar refractivity (Wildman–Crippen MR) is 242 cm³/mol. The van der Waals surface area contributed by atoms with Gasteiger partial charge in [0.2, 0.25) is 17.2 Å². The van der Waals surface area contributed by atoms with Gasteiger partial charge in [-0.05, 0) is 116 Å². The van der Waals surface area contributed by atoms with Gasteiger partial charge >= 0.3 is 23.9 Å². The van der Waals surface area contributed by atoms with Gasteiger partial charge in [0.25, 0.3) is 0 Å². The van der Waals surface area contributed by atoms with E-state index >= 15 is 0 Å². The summed E-state index contributed by atoms with van der Waals surface area (Å²) in [6, 6.07) is 31.8. The number of phenolic OH excluding ortho intramolecular Hbond substituents is 6. The number of ether oxygens (including phenoxy) is 7. The minimum Gasteiger partial charge on any atom is -0.504 e. The number of phenols is 6. The number of para-hydroxylation sites is 3. The molecule has 17 heteroatoms. The number of hydrogen-bond acceptors (Lipinski definition) is 17. The van der Waals surface area contributed by atoms with Crippen molar-refractivity contribution in [3.63, 3.8) is 0 Å². The Bertz CT molecular complexity index is 2710. The summed E-state index contributed by atoms with van der Waals surface area (Å²) in [4.78, 5) is 46.1. The number of esters is 4. The molecule has 0 fully saturated rings. The van der Waals surface area contributed by atoms with E-state index in [-0.39, 0.29) is 46.7 Å². The molecule has 0 heterocycles. The number of carbonyl (C=O) groups is 4. The van der Waals surface area contributed by atoms with Gasteiger partial charge in [-0.25, -0.2) is 19.2 Å². The third-order valence-electron chi connectivity index (χ3n) is 8.20. The summed E-state index contributed by atoms with van der Waals surface area (Å²) in [5, 5.41) is 56.7. The van der Waals surface area contributed by atoms with Crippen molar-refractivity contribution in [2.45, 2.75) is 13.8 Å². The summed E-state index contributed by atoms with van der Waals surface area (Å²) in [5.41, 5.74) is 1.52. The van der Waals surface area contributed by atoms with Crippen LogP contribution in [0.25, 0.3) is 6.08 Å². The summed E-state index contributed by atoms with van der Waals surface area (Å²) in [5.74, 6) is -3.08. The Morgan fingerprint density at radius 1 is 0.448 bits per heavy atom. The molecule has 0 atom stereocenters. The first kappa shape index (κ1) is 50.3. The minimum atomic E-state index is -0.765. The van der Waals surface area contributed by atoms with Crippen LogP contribution >= 0.6 is 0 Å². The largest absolute Gasteiger partial charge is 0.504 e. The van der Waals surface area contributed by atoms with Crippen molar-refractivity contribution in [2.75, 3.05) is 13.2 Å². The van der Waals surface area contributed by atoms with Crippen molar-refractivity contribution in [2.24, 2.45) is 0 Å². The molecule has 67 heavy (non-hydrogen) atoms. The zero-order chi connectivity index (χ0) is 49.0. The lowest BCUT2D eigenvalue weighted by Gasteiger charge is -2.09. The Hall–Kier alpha value is -9.38. The van der Waals surface area contributed by atoms with Crippen molar-refractivity contribution in [3.05, 3.63) is 164 Å². The van der Waals surface area contributed by atoms with Crippen LogP contribution in [-0.4, -0.2) is 67.7 Å². The molecule has 0 aliphatic rings. The monoisotopic (exact) mass is 916 g/mol. The molecule has 6 aromatic carbocycles. The van der Waals surface area contributed by atoms with Gasteiger partial charge in [-0.2, -0.15) is 0 Å². The van der Waals surface area contributed by atoms with E-state index in [1.807, 2.05) is 0 Å². The second kappa shape index (κ2) is 24.5. The molecule has 0 saturated heterocycles. The Balaban J connectivity index is 0.000000221. The van der Waals surface area contributed by atoms with Crippen LogP contribution in [0.15, 0.2) is 158 Å². The molecule has 0 radical (unpaired) electrons. The van der Waals surface area contributed by atoms with Gasteiger partial charge < -0.3 is 63.8 Å². The summed E-state index contributed by atoms with van der Waals surface area (Å²) >= 11 is 0. The maximum Gasteiger partial charge on any atom is 0.349 e. The zero-order valence-corrected chi connectivity index (χ0v) is 35.9.